The summed E-state index contributed by atoms with van der Waals surface area (Å²) in [7, 11) is 1.48. The Hall–Kier alpha value is -1.88. The predicted octanol–water partition coefficient (Wildman–Crippen LogP) is 3.40. The van der Waals surface area contributed by atoms with Gasteiger partial charge in [0.05, 0.1) is 7.11 Å². The van der Waals surface area contributed by atoms with Crippen molar-refractivity contribution in [2.45, 2.75) is 19.8 Å². The van der Waals surface area contributed by atoms with Crippen molar-refractivity contribution in [2.24, 2.45) is 0 Å². The summed E-state index contributed by atoms with van der Waals surface area (Å²) in [4.78, 5) is 11.9. The van der Waals surface area contributed by atoms with Gasteiger partial charge in [-0.05, 0) is 35.2 Å². The van der Waals surface area contributed by atoms with Crippen LogP contribution < -0.4 is 10.1 Å². The Morgan fingerprint density at radius 3 is 2.68 bits per heavy atom. The van der Waals surface area contributed by atoms with E-state index in [1.54, 1.807) is 0 Å². The Morgan fingerprint density at radius 1 is 1.21 bits per heavy atom. The molecule has 0 aliphatic rings. The summed E-state index contributed by atoms with van der Waals surface area (Å²) in [5.41, 5.74) is 2.13. The number of hydrogen-bond acceptors (Lipinski definition) is 5. The Bertz CT molecular complexity index is 574. The fourth-order valence-electron chi connectivity index (χ4n) is 1.58. The molecule has 1 heterocycles. The van der Waals surface area contributed by atoms with E-state index in [2.05, 4.69) is 46.2 Å². The van der Waals surface area contributed by atoms with E-state index in [9.17, 15) is 0 Å². The molecule has 0 unspecified atom stereocenters. The number of methoxy groups -OCH3 is 1. The fourth-order valence-corrected chi connectivity index (χ4v) is 1.74. The maximum absolute atomic E-state index is 5.79. The van der Waals surface area contributed by atoms with E-state index in [-0.39, 0.29) is 11.3 Å². The van der Waals surface area contributed by atoms with Gasteiger partial charge in [-0.3, -0.25) is 0 Å². The van der Waals surface area contributed by atoms with Crippen LogP contribution in [0.4, 0.5) is 11.6 Å². The fraction of sp³-hybridized carbons (Fsp3) is 0.308. The van der Waals surface area contributed by atoms with Gasteiger partial charge in [-0.25, -0.2) is 0 Å². The molecule has 0 atom stereocenters. The molecule has 0 radical (unpaired) electrons. The number of nitrogens with one attached hydrogen (secondary N) is 1. The first kappa shape index (κ1) is 13.5. The molecule has 1 aromatic heterocycles. The number of halogens is 1. The summed E-state index contributed by atoms with van der Waals surface area (Å²) in [5, 5.41) is 3.18. The number of nitrogens with zero attached hydrogens (tertiary/aromatic N) is 3. The average molecular weight is 279 g/mol. The second kappa shape index (κ2) is 5.84. The van der Waals surface area contributed by atoms with Gasteiger partial charge in [-0.1, -0.05) is 26.0 Å². The maximum Gasteiger partial charge on any atom is 0.322 e. The lowest BCUT2D eigenvalue weighted by atomic mass is 10.0. The summed E-state index contributed by atoms with van der Waals surface area (Å²) >= 11 is 5.79. The molecule has 19 heavy (non-hydrogen) atoms. The van der Waals surface area contributed by atoms with Crippen LogP contribution in [0.5, 0.6) is 6.01 Å². The minimum absolute atomic E-state index is 0.0920. The third-order valence-corrected chi connectivity index (χ3v) is 2.75. The molecule has 0 fully saturated rings. The largest absolute Gasteiger partial charge is 0.467 e. The highest BCUT2D eigenvalue weighted by Crippen LogP contribution is 2.21. The van der Waals surface area contributed by atoms with Gasteiger partial charge in [0.2, 0.25) is 11.2 Å². The van der Waals surface area contributed by atoms with E-state index in [0.717, 1.165) is 5.69 Å². The summed E-state index contributed by atoms with van der Waals surface area (Å²) < 4.78 is 4.95. The lowest BCUT2D eigenvalue weighted by Gasteiger charge is -2.09. The van der Waals surface area contributed by atoms with Gasteiger partial charge in [0.1, 0.15) is 0 Å². The van der Waals surface area contributed by atoms with Gasteiger partial charge < -0.3 is 10.1 Å². The summed E-state index contributed by atoms with van der Waals surface area (Å²) in [6, 6.07) is 8.24. The van der Waals surface area contributed by atoms with Gasteiger partial charge >= 0.3 is 6.01 Å². The first-order valence-corrected chi connectivity index (χ1v) is 6.29. The maximum atomic E-state index is 5.79. The number of benzene rings is 1. The van der Waals surface area contributed by atoms with Crippen molar-refractivity contribution >= 4 is 23.2 Å². The second-order valence-corrected chi connectivity index (χ2v) is 4.66. The highest BCUT2D eigenvalue weighted by molar-refractivity contribution is 6.28. The van der Waals surface area contributed by atoms with Crippen molar-refractivity contribution in [3.8, 4) is 6.01 Å². The van der Waals surface area contributed by atoms with Crippen LogP contribution in [0, 0.1) is 0 Å². The highest BCUT2D eigenvalue weighted by Gasteiger charge is 2.06. The van der Waals surface area contributed by atoms with Crippen LogP contribution in [0.1, 0.15) is 25.3 Å². The van der Waals surface area contributed by atoms with E-state index < -0.39 is 0 Å². The van der Waals surface area contributed by atoms with Crippen molar-refractivity contribution in [3.05, 3.63) is 35.1 Å². The van der Waals surface area contributed by atoms with Gasteiger partial charge in [-0.15, -0.1) is 0 Å². The Balaban J connectivity index is 2.25. The Kier molecular flexibility index (Phi) is 4.16. The molecule has 0 bridgehead atoms. The molecule has 6 heteroatoms. The Labute approximate surface area is 117 Å². The van der Waals surface area contributed by atoms with Gasteiger partial charge in [-0.2, -0.15) is 15.0 Å². The molecule has 0 amide bonds. The first-order valence-electron chi connectivity index (χ1n) is 5.91. The SMILES string of the molecule is COc1nc(Cl)nc(Nc2cccc(C(C)C)c2)n1. The van der Waals surface area contributed by atoms with Gasteiger partial charge in [0, 0.05) is 5.69 Å². The normalized spacial score (nSPS) is 10.6. The molecule has 2 aromatic rings. The lowest BCUT2D eigenvalue weighted by Crippen LogP contribution is -2.02. The monoisotopic (exact) mass is 278 g/mol. The highest BCUT2D eigenvalue weighted by atomic mass is 35.5. The number of aromatic nitrogens is 3. The number of rotatable bonds is 4. The Morgan fingerprint density at radius 2 is 2.00 bits per heavy atom. The molecule has 100 valence electrons. The number of hydrogen-bond donors (Lipinski definition) is 1. The quantitative estimate of drug-likeness (QED) is 0.929. The zero-order valence-electron chi connectivity index (χ0n) is 11.0. The van der Waals surface area contributed by atoms with E-state index in [4.69, 9.17) is 16.3 Å². The van der Waals surface area contributed by atoms with E-state index in [1.165, 1.54) is 12.7 Å². The van der Waals surface area contributed by atoms with Crippen molar-refractivity contribution in [2.75, 3.05) is 12.4 Å². The minimum Gasteiger partial charge on any atom is -0.467 e. The van der Waals surface area contributed by atoms with Crippen LogP contribution >= 0.6 is 11.6 Å². The molecular formula is C13H15ClN4O. The molecule has 0 aliphatic heterocycles. The van der Waals surface area contributed by atoms with Crippen LogP contribution in [0.3, 0.4) is 0 Å². The topological polar surface area (TPSA) is 59.9 Å². The average Bonchev–Trinajstić information content (AvgIpc) is 2.38. The van der Waals surface area contributed by atoms with Crippen molar-refractivity contribution in [3.63, 3.8) is 0 Å². The van der Waals surface area contributed by atoms with Crippen LogP contribution in [0.25, 0.3) is 0 Å². The number of anilines is 2. The molecule has 1 aromatic carbocycles. The third kappa shape index (κ3) is 3.54. The van der Waals surface area contributed by atoms with Crippen molar-refractivity contribution in [1.82, 2.24) is 15.0 Å². The molecule has 0 saturated heterocycles. The van der Waals surface area contributed by atoms with E-state index in [0.29, 0.717) is 11.9 Å². The molecule has 5 nitrogen and oxygen atoms in total. The van der Waals surface area contributed by atoms with Crippen LogP contribution in [-0.2, 0) is 0 Å². The van der Waals surface area contributed by atoms with Crippen molar-refractivity contribution in [1.29, 1.82) is 0 Å². The summed E-state index contributed by atoms with van der Waals surface area (Å²) in [6.07, 6.45) is 0. The molecule has 1 N–H and O–H groups in total. The molecule has 2 rings (SSSR count). The third-order valence-electron chi connectivity index (χ3n) is 2.58. The second-order valence-electron chi connectivity index (χ2n) is 4.32. The minimum atomic E-state index is 0.0920. The predicted molar refractivity (Wildman–Crippen MR) is 75.2 cm³/mol. The molecule has 0 saturated carbocycles. The van der Waals surface area contributed by atoms with Gasteiger partial charge in [0.25, 0.3) is 0 Å². The zero-order valence-corrected chi connectivity index (χ0v) is 11.8. The smallest absolute Gasteiger partial charge is 0.322 e. The first-order chi connectivity index (χ1) is 9.08. The molecule has 0 spiro atoms. The van der Waals surface area contributed by atoms with E-state index in [1.807, 2.05) is 12.1 Å². The number of ether oxygens (including phenoxy) is 1. The summed E-state index contributed by atoms with van der Waals surface area (Å²) in [5.74, 6) is 0.816. The van der Waals surface area contributed by atoms with Crippen molar-refractivity contribution < 1.29 is 4.74 Å². The van der Waals surface area contributed by atoms with Crippen LogP contribution in [0.15, 0.2) is 24.3 Å². The van der Waals surface area contributed by atoms with E-state index >= 15 is 0 Å². The van der Waals surface area contributed by atoms with Crippen LogP contribution in [-0.4, -0.2) is 22.1 Å². The van der Waals surface area contributed by atoms with Gasteiger partial charge in [0.15, 0.2) is 0 Å². The summed E-state index contributed by atoms with van der Waals surface area (Å²) in [6.45, 7) is 4.28. The molecular weight excluding hydrogens is 264 g/mol. The van der Waals surface area contributed by atoms with Crippen LogP contribution in [0.2, 0.25) is 5.28 Å². The molecule has 0 aliphatic carbocycles. The zero-order chi connectivity index (χ0) is 13.8. The lowest BCUT2D eigenvalue weighted by molar-refractivity contribution is 0.379. The standard InChI is InChI=1S/C13H15ClN4O/c1-8(2)9-5-4-6-10(7-9)15-12-16-11(14)17-13(18-12)19-3/h4-8H,1-3H3,(H,15,16,17,18).